The van der Waals surface area contributed by atoms with E-state index in [1.54, 1.807) is 6.33 Å². The minimum absolute atomic E-state index is 0.525. The molecule has 0 bridgehead atoms. The lowest BCUT2D eigenvalue weighted by Gasteiger charge is -2.30. The van der Waals surface area contributed by atoms with Crippen LogP contribution in [0.5, 0.6) is 0 Å². The van der Waals surface area contributed by atoms with Crippen LogP contribution in [0.15, 0.2) is 36.7 Å². The average Bonchev–Trinajstić information content (AvgIpc) is 2.48. The van der Waals surface area contributed by atoms with Gasteiger partial charge in [0.25, 0.3) is 0 Å². The molecule has 2 N–H and O–H groups in total. The molecule has 2 aromatic rings. The molecular weight excluding hydrogens is 248 g/mol. The highest BCUT2D eigenvalue weighted by Crippen LogP contribution is 2.23. The lowest BCUT2D eigenvalue weighted by atomic mass is 9.99. The number of nitrogen functional groups attached to an aromatic ring is 1. The molecule has 0 saturated heterocycles. The summed E-state index contributed by atoms with van der Waals surface area (Å²) < 4.78 is 0. The molecule has 4 heteroatoms. The van der Waals surface area contributed by atoms with Crippen molar-refractivity contribution in [3.05, 3.63) is 53.5 Å². The lowest BCUT2D eigenvalue weighted by molar-refractivity contribution is 0.238. The number of aromatic nitrogens is 2. The predicted octanol–water partition coefficient (Wildman–Crippen LogP) is 2.22. The molecule has 0 spiro atoms. The first-order chi connectivity index (χ1) is 9.74. The van der Waals surface area contributed by atoms with Crippen LogP contribution in [-0.2, 0) is 13.0 Å². The third kappa shape index (κ3) is 2.65. The first-order valence-electron chi connectivity index (χ1n) is 7.09. The molecule has 0 amide bonds. The van der Waals surface area contributed by atoms with Gasteiger partial charge in [0, 0.05) is 25.2 Å². The number of rotatable bonds is 3. The Morgan fingerprint density at radius 2 is 2.05 bits per heavy atom. The molecule has 1 atom stereocenters. The summed E-state index contributed by atoms with van der Waals surface area (Å²) in [5.74, 6) is 1.17. The van der Waals surface area contributed by atoms with Crippen LogP contribution >= 0.6 is 0 Å². The molecule has 104 valence electrons. The van der Waals surface area contributed by atoms with E-state index in [0.29, 0.717) is 11.7 Å². The maximum absolute atomic E-state index is 5.91. The molecule has 0 saturated carbocycles. The Morgan fingerprint density at radius 3 is 2.85 bits per heavy atom. The third-order valence-electron chi connectivity index (χ3n) is 4.02. The van der Waals surface area contributed by atoms with Gasteiger partial charge in [0.2, 0.25) is 0 Å². The van der Waals surface area contributed by atoms with E-state index in [1.165, 1.54) is 5.56 Å². The average molecular weight is 268 g/mol. The summed E-state index contributed by atoms with van der Waals surface area (Å²) in [6, 6.07) is 10.7. The van der Waals surface area contributed by atoms with Gasteiger partial charge in [-0.3, -0.25) is 4.90 Å². The number of anilines is 1. The van der Waals surface area contributed by atoms with Crippen molar-refractivity contribution < 1.29 is 0 Å². The fraction of sp³-hybridized carbons (Fsp3) is 0.375. The number of benzene rings is 1. The highest BCUT2D eigenvalue weighted by Gasteiger charge is 2.21. The largest absolute Gasteiger partial charge is 0.383 e. The fourth-order valence-electron chi connectivity index (χ4n) is 2.86. The summed E-state index contributed by atoms with van der Waals surface area (Å²) in [7, 11) is 0. The highest BCUT2D eigenvalue weighted by atomic mass is 15.1. The number of hydrogen-bond donors (Lipinski definition) is 1. The molecule has 0 fully saturated rings. The zero-order chi connectivity index (χ0) is 13.9. The van der Waals surface area contributed by atoms with Crippen molar-refractivity contribution >= 4 is 5.82 Å². The molecule has 2 heterocycles. The van der Waals surface area contributed by atoms with Crippen molar-refractivity contribution in [2.45, 2.75) is 25.8 Å². The van der Waals surface area contributed by atoms with Crippen LogP contribution < -0.4 is 5.73 Å². The van der Waals surface area contributed by atoms with Crippen LogP contribution in [0.2, 0.25) is 0 Å². The summed E-state index contributed by atoms with van der Waals surface area (Å²) in [5.41, 5.74) is 9.52. The van der Waals surface area contributed by atoms with E-state index in [9.17, 15) is 0 Å². The second kappa shape index (κ2) is 5.59. The standard InChI is InChI=1S/C16H20N4/c1-12(13-5-3-2-4-6-13)9-20-8-7-14-15(10-20)18-11-19-16(14)17/h2-6,11-12H,7-10H2,1H3,(H2,17,18,19). The maximum atomic E-state index is 5.91. The van der Waals surface area contributed by atoms with Crippen molar-refractivity contribution in [1.82, 2.24) is 14.9 Å². The third-order valence-corrected chi connectivity index (χ3v) is 4.02. The molecule has 0 aliphatic carbocycles. The van der Waals surface area contributed by atoms with Crippen LogP contribution in [0, 0.1) is 0 Å². The second-order valence-corrected chi connectivity index (χ2v) is 5.48. The Kier molecular flexibility index (Phi) is 3.65. The number of nitrogens with zero attached hydrogens (tertiary/aromatic N) is 3. The van der Waals surface area contributed by atoms with Crippen LogP contribution in [-0.4, -0.2) is 28.0 Å². The number of nitrogens with two attached hydrogens (primary N) is 1. The monoisotopic (exact) mass is 268 g/mol. The molecule has 1 unspecified atom stereocenters. The van der Waals surface area contributed by atoms with Crippen molar-refractivity contribution in [2.75, 3.05) is 18.8 Å². The second-order valence-electron chi connectivity index (χ2n) is 5.48. The SMILES string of the molecule is CC(CN1CCc2c(N)ncnc2C1)c1ccccc1. The Hall–Kier alpha value is -1.94. The quantitative estimate of drug-likeness (QED) is 0.927. The van der Waals surface area contributed by atoms with Gasteiger partial charge in [0.15, 0.2) is 0 Å². The van der Waals surface area contributed by atoms with Gasteiger partial charge in [-0.15, -0.1) is 0 Å². The van der Waals surface area contributed by atoms with Crippen LogP contribution in [0.4, 0.5) is 5.82 Å². The molecule has 1 aliphatic heterocycles. The van der Waals surface area contributed by atoms with E-state index >= 15 is 0 Å². The zero-order valence-electron chi connectivity index (χ0n) is 11.8. The summed E-state index contributed by atoms with van der Waals surface area (Å²) in [4.78, 5) is 10.9. The molecule has 20 heavy (non-hydrogen) atoms. The molecule has 0 radical (unpaired) electrons. The minimum Gasteiger partial charge on any atom is -0.383 e. The van der Waals surface area contributed by atoms with Crippen LogP contribution in [0.25, 0.3) is 0 Å². The van der Waals surface area contributed by atoms with Gasteiger partial charge in [-0.05, 0) is 17.9 Å². The highest BCUT2D eigenvalue weighted by molar-refractivity contribution is 5.42. The Morgan fingerprint density at radius 1 is 1.25 bits per heavy atom. The maximum Gasteiger partial charge on any atom is 0.130 e. The van der Waals surface area contributed by atoms with Crippen molar-refractivity contribution in [1.29, 1.82) is 0 Å². The number of hydrogen-bond acceptors (Lipinski definition) is 4. The molecule has 4 nitrogen and oxygen atoms in total. The fourth-order valence-corrected chi connectivity index (χ4v) is 2.86. The van der Waals surface area contributed by atoms with Gasteiger partial charge in [-0.25, -0.2) is 9.97 Å². The normalized spacial score (nSPS) is 16.6. The van der Waals surface area contributed by atoms with Gasteiger partial charge in [0.1, 0.15) is 12.1 Å². The van der Waals surface area contributed by atoms with Crippen LogP contribution in [0.3, 0.4) is 0 Å². The van der Waals surface area contributed by atoms with Crippen molar-refractivity contribution in [2.24, 2.45) is 0 Å². The van der Waals surface area contributed by atoms with E-state index in [2.05, 4.69) is 52.1 Å². The smallest absolute Gasteiger partial charge is 0.130 e. The molecule has 1 aromatic heterocycles. The molecule has 3 rings (SSSR count). The van der Waals surface area contributed by atoms with Gasteiger partial charge in [-0.2, -0.15) is 0 Å². The van der Waals surface area contributed by atoms with Crippen molar-refractivity contribution in [3.8, 4) is 0 Å². The van der Waals surface area contributed by atoms with E-state index in [4.69, 9.17) is 5.73 Å². The lowest BCUT2D eigenvalue weighted by Crippen LogP contribution is -2.34. The van der Waals surface area contributed by atoms with Crippen molar-refractivity contribution in [3.63, 3.8) is 0 Å². The molecule has 1 aliphatic rings. The zero-order valence-corrected chi connectivity index (χ0v) is 11.8. The van der Waals surface area contributed by atoms with Gasteiger partial charge >= 0.3 is 0 Å². The first kappa shape index (κ1) is 13.1. The Balaban J connectivity index is 1.69. The topological polar surface area (TPSA) is 55.0 Å². The van der Waals surface area contributed by atoms with E-state index < -0.39 is 0 Å². The Labute approximate surface area is 119 Å². The first-order valence-corrected chi connectivity index (χ1v) is 7.09. The summed E-state index contributed by atoms with van der Waals surface area (Å²) in [6.07, 6.45) is 2.52. The van der Waals surface area contributed by atoms with Crippen LogP contribution in [0.1, 0.15) is 29.7 Å². The molecular formula is C16H20N4. The number of fused-ring (bicyclic) bond motifs is 1. The summed E-state index contributed by atoms with van der Waals surface area (Å²) in [6.45, 7) is 5.23. The van der Waals surface area contributed by atoms with Gasteiger partial charge in [-0.1, -0.05) is 37.3 Å². The van der Waals surface area contributed by atoms with E-state index in [0.717, 1.165) is 37.3 Å². The van der Waals surface area contributed by atoms with E-state index in [1.807, 2.05) is 0 Å². The summed E-state index contributed by atoms with van der Waals surface area (Å²) >= 11 is 0. The van der Waals surface area contributed by atoms with Gasteiger partial charge < -0.3 is 5.73 Å². The van der Waals surface area contributed by atoms with E-state index in [-0.39, 0.29) is 0 Å². The predicted molar refractivity (Wildman–Crippen MR) is 80.3 cm³/mol. The minimum atomic E-state index is 0.525. The Bertz CT molecular complexity index is 582. The van der Waals surface area contributed by atoms with Gasteiger partial charge in [0.05, 0.1) is 5.69 Å². The summed E-state index contributed by atoms with van der Waals surface area (Å²) in [5, 5.41) is 0. The molecule has 1 aromatic carbocycles.